The molecule has 6 heteroatoms. The third-order valence-corrected chi connectivity index (χ3v) is 4.93. The standard InChI is InChI=1S/C18H26F2N2O2/c19-17(20)24-16-7-2-1-6-15(16)12-22-11-5-8-18(23,14-22)13-21-9-3-4-10-21/h1-2,6-7,17,23H,3-5,8-14H2/t18-/m0/s1. The summed E-state index contributed by atoms with van der Waals surface area (Å²) in [5.41, 5.74) is 0.0319. The van der Waals surface area contributed by atoms with Crippen molar-refractivity contribution in [1.29, 1.82) is 0 Å². The highest BCUT2D eigenvalue weighted by Crippen LogP contribution is 2.28. The molecule has 0 spiro atoms. The van der Waals surface area contributed by atoms with Crippen molar-refractivity contribution in [1.82, 2.24) is 9.80 Å². The van der Waals surface area contributed by atoms with Crippen molar-refractivity contribution in [2.24, 2.45) is 0 Å². The molecule has 134 valence electrons. The van der Waals surface area contributed by atoms with Gasteiger partial charge >= 0.3 is 6.61 Å². The Morgan fingerprint density at radius 1 is 1.08 bits per heavy atom. The molecule has 2 fully saturated rings. The number of hydrogen-bond acceptors (Lipinski definition) is 4. The minimum Gasteiger partial charge on any atom is -0.434 e. The average Bonchev–Trinajstić information content (AvgIpc) is 3.01. The highest BCUT2D eigenvalue weighted by Gasteiger charge is 2.35. The number of β-amino-alcohol motifs (C(OH)–C–C–N with tert-alkyl or cyclic N) is 1. The predicted molar refractivity (Wildman–Crippen MR) is 88.2 cm³/mol. The summed E-state index contributed by atoms with van der Waals surface area (Å²) >= 11 is 0. The molecule has 1 atom stereocenters. The van der Waals surface area contributed by atoms with Crippen LogP contribution in [0, 0.1) is 0 Å². The maximum absolute atomic E-state index is 12.5. The molecule has 1 N–H and O–H groups in total. The van der Waals surface area contributed by atoms with E-state index in [9.17, 15) is 13.9 Å². The van der Waals surface area contributed by atoms with Crippen LogP contribution in [0.15, 0.2) is 24.3 Å². The van der Waals surface area contributed by atoms with Crippen LogP contribution >= 0.6 is 0 Å². The highest BCUT2D eigenvalue weighted by molar-refractivity contribution is 5.33. The number of rotatable bonds is 6. The number of alkyl halides is 2. The third-order valence-electron chi connectivity index (χ3n) is 4.93. The molecule has 1 aromatic carbocycles. The Labute approximate surface area is 142 Å². The summed E-state index contributed by atoms with van der Waals surface area (Å²) in [5, 5.41) is 11.0. The fourth-order valence-electron chi connectivity index (χ4n) is 3.91. The third kappa shape index (κ3) is 4.65. The van der Waals surface area contributed by atoms with Gasteiger partial charge in [-0.1, -0.05) is 18.2 Å². The second-order valence-corrected chi connectivity index (χ2v) is 7.01. The maximum atomic E-state index is 12.5. The zero-order chi connectivity index (χ0) is 17.0. The van der Waals surface area contributed by atoms with Gasteiger partial charge in [-0.25, -0.2) is 0 Å². The van der Waals surface area contributed by atoms with Gasteiger partial charge in [0.15, 0.2) is 0 Å². The lowest BCUT2D eigenvalue weighted by molar-refractivity contribution is -0.0571. The van der Waals surface area contributed by atoms with Gasteiger partial charge in [0.1, 0.15) is 5.75 Å². The van der Waals surface area contributed by atoms with Gasteiger partial charge in [-0.2, -0.15) is 8.78 Å². The van der Waals surface area contributed by atoms with Crippen molar-refractivity contribution in [3.8, 4) is 5.75 Å². The lowest BCUT2D eigenvalue weighted by Gasteiger charge is -2.41. The van der Waals surface area contributed by atoms with Gasteiger partial charge in [-0.3, -0.25) is 4.90 Å². The van der Waals surface area contributed by atoms with E-state index in [-0.39, 0.29) is 5.75 Å². The van der Waals surface area contributed by atoms with Crippen molar-refractivity contribution in [3.05, 3.63) is 29.8 Å². The Bertz CT molecular complexity index is 538. The molecule has 0 saturated carbocycles. The summed E-state index contributed by atoms with van der Waals surface area (Å²) in [6.45, 7) is 1.97. The summed E-state index contributed by atoms with van der Waals surface area (Å²) in [6, 6.07) is 6.91. The van der Waals surface area contributed by atoms with Gasteiger partial charge in [0.2, 0.25) is 0 Å². The van der Waals surface area contributed by atoms with E-state index in [1.165, 1.54) is 12.8 Å². The number of ether oxygens (including phenoxy) is 1. The molecule has 0 bridgehead atoms. The minimum absolute atomic E-state index is 0.223. The number of piperidine rings is 1. The van der Waals surface area contributed by atoms with E-state index in [4.69, 9.17) is 0 Å². The molecule has 4 nitrogen and oxygen atoms in total. The molecular weight excluding hydrogens is 314 g/mol. The molecular formula is C18H26F2N2O2. The van der Waals surface area contributed by atoms with Gasteiger partial charge in [0.05, 0.1) is 5.60 Å². The lowest BCUT2D eigenvalue weighted by Crippen LogP contribution is -2.53. The minimum atomic E-state index is -2.82. The molecule has 2 aliphatic heterocycles. The zero-order valence-corrected chi connectivity index (χ0v) is 14.0. The lowest BCUT2D eigenvalue weighted by atomic mass is 9.92. The van der Waals surface area contributed by atoms with Crippen molar-refractivity contribution in [2.75, 3.05) is 32.7 Å². The monoisotopic (exact) mass is 340 g/mol. The van der Waals surface area contributed by atoms with E-state index < -0.39 is 12.2 Å². The number of aliphatic hydroxyl groups is 1. The molecule has 24 heavy (non-hydrogen) atoms. The maximum Gasteiger partial charge on any atom is 0.387 e. The van der Waals surface area contributed by atoms with E-state index >= 15 is 0 Å². The normalized spacial score (nSPS) is 26.2. The van der Waals surface area contributed by atoms with E-state index in [1.54, 1.807) is 12.1 Å². The fourth-order valence-corrected chi connectivity index (χ4v) is 3.91. The Hall–Kier alpha value is -1.24. The second-order valence-electron chi connectivity index (χ2n) is 7.01. The van der Waals surface area contributed by atoms with Crippen LogP contribution in [0.4, 0.5) is 8.78 Å². The van der Waals surface area contributed by atoms with Crippen LogP contribution in [-0.4, -0.2) is 59.8 Å². The van der Waals surface area contributed by atoms with Crippen molar-refractivity contribution in [3.63, 3.8) is 0 Å². The Morgan fingerprint density at radius 2 is 1.79 bits per heavy atom. The first-order valence-corrected chi connectivity index (χ1v) is 8.74. The van der Waals surface area contributed by atoms with Crippen LogP contribution in [-0.2, 0) is 6.54 Å². The number of nitrogens with zero attached hydrogens (tertiary/aromatic N) is 2. The first-order chi connectivity index (χ1) is 11.5. The molecule has 3 rings (SSSR count). The number of para-hydroxylation sites is 1. The molecule has 1 aromatic rings. The Morgan fingerprint density at radius 3 is 2.54 bits per heavy atom. The highest BCUT2D eigenvalue weighted by atomic mass is 19.3. The van der Waals surface area contributed by atoms with Crippen LogP contribution in [0.5, 0.6) is 5.75 Å². The molecule has 0 aliphatic carbocycles. The molecule has 0 unspecified atom stereocenters. The van der Waals surface area contributed by atoms with Gasteiger partial charge in [0, 0.05) is 25.2 Å². The van der Waals surface area contributed by atoms with E-state index in [2.05, 4.69) is 14.5 Å². The number of likely N-dealkylation sites (tertiary alicyclic amines) is 2. The van der Waals surface area contributed by atoms with Gasteiger partial charge in [-0.05, 0) is 51.4 Å². The van der Waals surface area contributed by atoms with Crippen molar-refractivity contribution >= 4 is 0 Å². The summed E-state index contributed by atoms with van der Waals surface area (Å²) in [7, 11) is 0. The summed E-state index contributed by atoms with van der Waals surface area (Å²) in [4.78, 5) is 4.48. The van der Waals surface area contributed by atoms with Crippen LogP contribution in [0.2, 0.25) is 0 Å². The summed E-state index contributed by atoms with van der Waals surface area (Å²) < 4.78 is 29.7. The van der Waals surface area contributed by atoms with Crippen LogP contribution in [0.25, 0.3) is 0 Å². The van der Waals surface area contributed by atoms with Gasteiger partial charge in [-0.15, -0.1) is 0 Å². The van der Waals surface area contributed by atoms with E-state index in [1.807, 2.05) is 12.1 Å². The topological polar surface area (TPSA) is 35.9 Å². The first-order valence-electron chi connectivity index (χ1n) is 8.74. The number of hydrogen-bond donors (Lipinski definition) is 1. The number of benzene rings is 1. The summed E-state index contributed by atoms with van der Waals surface area (Å²) in [6.07, 6.45) is 4.13. The quantitative estimate of drug-likeness (QED) is 0.864. The first kappa shape index (κ1) is 17.6. The van der Waals surface area contributed by atoms with E-state index in [0.29, 0.717) is 19.6 Å². The predicted octanol–water partition coefficient (Wildman–Crippen LogP) is 2.71. The smallest absolute Gasteiger partial charge is 0.387 e. The summed E-state index contributed by atoms with van der Waals surface area (Å²) in [5.74, 6) is 0.223. The average molecular weight is 340 g/mol. The van der Waals surface area contributed by atoms with Gasteiger partial charge < -0.3 is 14.7 Å². The molecule has 2 heterocycles. The molecule has 0 aromatic heterocycles. The largest absolute Gasteiger partial charge is 0.434 e. The SMILES string of the molecule is O[C@]1(CN2CCCC2)CCCN(Cc2ccccc2OC(F)F)C1. The molecule has 0 radical (unpaired) electrons. The number of halogens is 2. The van der Waals surface area contributed by atoms with Gasteiger partial charge in [0.25, 0.3) is 0 Å². The fraction of sp³-hybridized carbons (Fsp3) is 0.667. The molecule has 2 saturated heterocycles. The van der Waals surface area contributed by atoms with E-state index in [0.717, 1.165) is 38.0 Å². The van der Waals surface area contributed by atoms with Crippen molar-refractivity contribution < 1.29 is 18.6 Å². The second kappa shape index (κ2) is 7.76. The Balaban J connectivity index is 1.63. The van der Waals surface area contributed by atoms with Crippen LogP contribution in [0.3, 0.4) is 0 Å². The van der Waals surface area contributed by atoms with Crippen LogP contribution < -0.4 is 4.74 Å². The van der Waals surface area contributed by atoms with Crippen LogP contribution in [0.1, 0.15) is 31.2 Å². The van der Waals surface area contributed by atoms with Crippen molar-refractivity contribution in [2.45, 2.75) is 44.4 Å². The zero-order valence-electron chi connectivity index (χ0n) is 14.0. The Kier molecular flexibility index (Phi) is 5.69. The molecule has 0 amide bonds. The molecule has 2 aliphatic rings.